The van der Waals surface area contributed by atoms with Gasteiger partial charge in [0.15, 0.2) is 0 Å². The molecule has 0 aromatic heterocycles. The Morgan fingerprint density at radius 2 is 1.62 bits per heavy atom. The van der Waals surface area contributed by atoms with E-state index in [-0.39, 0.29) is 36.4 Å². The van der Waals surface area contributed by atoms with Crippen LogP contribution in [0.1, 0.15) is 45.2 Å². The zero-order valence-corrected chi connectivity index (χ0v) is 18.1. The van der Waals surface area contributed by atoms with Crippen LogP contribution in [0.15, 0.2) is 53.4 Å². The largest absolute Gasteiger partial charge is 0.466 e. The van der Waals surface area contributed by atoms with Crippen LogP contribution < -0.4 is 0 Å². The molecule has 0 aliphatic carbocycles. The monoisotopic (exact) mass is 421 g/mol. The van der Waals surface area contributed by atoms with Gasteiger partial charge in [-0.05, 0) is 47.7 Å². The van der Waals surface area contributed by atoms with Crippen molar-refractivity contribution in [2.45, 2.75) is 51.0 Å². The minimum atomic E-state index is -3.85. The average molecular weight is 422 g/mol. The highest BCUT2D eigenvalue weighted by atomic mass is 32.2. The van der Waals surface area contributed by atoms with E-state index >= 15 is 0 Å². The molecule has 0 aliphatic rings. The van der Waals surface area contributed by atoms with Gasteiger partial charge in [0, 0.05) is 13.1 Å². The fourth-order valence-electron chi connectivity index (χ4n) is 2.80. The molecule has 2 rings (SSSR count). The van der Waals surface area contributed by atoms with Gasteiger partial charge >= 0.3 is 5.97 Å². The second-order valence-corrected chi connectivity index (χ2v) is 9.73. The van der Waals surface area contributed by atoms with Gasteiger partial charge < -0.3 is 4.74 Å². The molecule has 158 valence electrons. The molecule has 0 bridgehead atoms. The maximum Gasteiger partial charge on any atom is 0.307 e. The summed E-state index contributed by atoms with van der Waals surface area (Å²) in [5, 5.41) is 0. The van der Waals surface area contributed by atoms with Crippen molar-refractivity contribution < 1.29 is 22.3 Å². The third-order valence-corrected chi connectivity index (χ3v) is 6.36. The highest BCUT2D eigenvalue weighted by molar-refractivity contribution is 7.89. The third kappa shape index (κ3) is 6.37. The maximum absolute atomic E-state index is 13.2. The molecular formula is C22H28FNO4S. The van der Waals surface area contributed by atoms with E-state index in [1.54, 1.807) is 31.2 Å². The molecule has 0 saturated heterocycles. The van der Waals surface area contributed by atoms with Crippen LogP contribution in [0.4, 0.5) is 4.39 Å². The van der Waals surface area contributed by atoms with Crippen molar-refractivity contribution in [2.75, 3.05) is 13.2 Å². The quantitative estimate of drug-likeness (QED) is 0.597. The summed E-state index contributed by atoms with van der Waals surface area (Å²) in [5.74, 6) is -0.859. The van der Waals surface area contributed by atoms with Crippen molar-refractivity contribution in [3.05, 3.63) is 65.5 Å². The van der Waals surface area contributed by atoms with Crippen molar-refractivity contribution in [3.63, 3.8) is 0 Å². The number of nitrogens with zero attached hydrogens (tertiary/aromatic N) is 1. The van der Waals surface area contributed by atoms with Crippen LogP contribution in [-0.2, 0) is 31.5 Å². The second-order valence-electron chi connectivity index (χ2n) is 7.79. The van der Waals surface area contributed by atoms with Gasteiger partial charge in [0.05, 0.1) is 17.9 Å². The highest BCUT2D eigenvalue weighted by Crippen LogP contribution is 2.25. The summed E-state index contributed by atoms with van der Waals surface area (Å²) in [6, 6.07) is 12.4. The number of carbonyl (C=O) groups excluding carboxylic acids is 1. The first-order valence-electron chi connectivity index (χ1n) is 9.55. The number of carbonyl (C=O) groups is 1. The van der Waals surface area contributed by atoms with E-state index in [0.717, 1.165) is 5.56 Å². The zero-order valence-electron chi connectivity index (χ0n) is 17.3. The minimum Gasteiger partial charge on any atom is -0.466 e. The molecular weight excluding hydrogens is 393 g/mol. The van der Waals surface area contributed by atoms with Gasteiger partial charge in [-0.1, -0.05) is 45.0 Å². The van der Waals surface area contributed by atoms with Crippen molar-refractivity contribution >= 4 is 16.0 Å². The van der Waals surface area contributed by atoms with Gasteiger partial charge in [0.1, 0.15) is 5.82 Å². The number of halogens is 1. The molecule has 0 saturated carbocycles. The Morgan fingerprint density at radius 3 is 2.14 bits per heavy atom. The van der Waals surface area contributed by atoms with Crippen LogP contribution in [-0.4, -0.2) is 31.8 Å². The van der Waals surface area contributed by atoms with Crippen molar-refractivity contribution in [3.8, 4) is 0 Å². The summed E-state index contributed by atoms with van der Waals surface area (Å²) in [6.07, 6.45) is -0.0612. The molecule has 5 nitrogen and oxygen atoms in total. The Labute approximate surface area is 172 Å². The molecule has 0 unspecified atom stereocenters. The molecule has 0 aliphatic heterocycles. The number of ether oxygens (including phenoxy) is 1. The molecule has 0 amide bonds. The lowest BCUT2D eigenvalue weighted by atomic mass is 9.87. The number of sulfonamides is 1. The fraction of sp³-hybridized carbons (Fsp3) is 0.409. The SMILES string of the molecule is CCOC(=O)CCN(Cc1ccc(F)cc1)S(=O)(=O)c1ccc(C(C)(C)C)cc1. The maximum atomic E-state index is 13.2. The first-order valence-corrected chi connectivity index (χ1v) is 11.0. The molecule has 2 aromatic carbocycles. The van der Waals surface area contributed by atoms with Gasteiger partial charge in [0.25, 0.3) is 0 Å². The summed E-state index contributed by atoms with van der Waals surface area (Å²) in [5.41, 5.74) is 1.55. The molecule has 2 aromatic rings. The van der Waals surface area contributed by atoms with Crippen LogP contribution in [0, 0.1) is 5.82 Å². The van der Waals surface area contributed by atoms with Gasteiger partial charge in [-0.2, -0.15) is 4.31 Å². The van der Waals surface area contributed by atoms with E-state index in [9.17, 15) is 17.6 Å². The van der Waals surface area contributed by atoms with Gasteiger partial charge in [-0.3, -0.25) is 4.79 Å². The number of benzene rings is 2. The zero-order chi connectivity index (χ0) is 21.7. The first kappa shape index (κ1) is 23.0. The number of hydrogen-bond donors (Lipinski definition) is 0. The lowest BCUT2D eigenvalue weighted by Crippen LogP contribution is -2.33. The molecule has 0 spiro atoms. The Morgan fingerprint density at radius 1 is 1.03 bits per heavy atom. The standard InChI is InChI=1S/C22H28FNO4S/c1-5-28-21(25)14-15-24(16-17-6-10-19(23)11-7-17)29(26,27)20-12-8-18(9-13-20)22(2,3)4/h6-13H,5,14-16H2,1-4H3. The molecule has 29 heavy (non-hydrogen) atoms. The van der Waals surface area contributed by atoms with E-state index in [0.29, 0.717) is 5.56 Å². The lowest BCUT2D eigenvalue weighted by Gasteiger charge is -2.23. The van der Waals surface area contributed by atoms with E-state index in [1.807, 2.05) is 0 Å². The van der Waals surface area contributed by atoms with E-state index < -0.39 is 21.8 Å². The molecule has 0 radical (unpaired) electrons. The normalized spacial score (nSPS) is 12.2. The van der Waals surface area contributed by atoms with Crippen LogP contribution >= 0.6 is 0 Å². The predicted octanol–water partition coefficient (Wildman–Crippen LogP) is 4.27. The summed E-state index contributed by atoms with van der Waals surface area (Å²) < 4.78 is 45.8. The summed E-state index contributed by atoms with van der Waals surface area (Å²) >= 11 is 0. The Bertz CT molecular complexity index is 917. The van der Waals surface area contributed by atoms with Crippen molar-refractivity contribution in [2.24, 2.45) is 0 Å². The van der Waals surface area contributed by atoms with Crippen LogP contribution in [0.25, 0.3) is 0 Å². The topological polar surface area (TPSA) is 63.7 Å². The molecule has 0 atom stereocenters. The number of esters is 1. The Balaban J connectivity index is 2.31. The Hall–Kier alpha value is -2.25. The molecule has 7 heteroatoms. The highest BCUT2D eigenvalue weighted by Gasteiger charge is 2.26. The van der Waals surface area contributed by atoms with Gasteiger partial charge in [-0.25, -0.2) is 12.8 Å². The van der Waals surface area contributed by atoms with Crippen LogP contribution in [0.2, 0.25) is 0 Å². The average Bonchev–Trinajstić information content (AvgIpc) is 2.66. The van der Waals surface area contributed by atoms with E-state index in [1.165, 1.54) is 28.6 Å². The van der Waals surface area contributed by atoms with Crippen LogP contribution in [0.3, 0.4) is 0 Å². The smallest absolute Gasteiger partial charge is 0.307 e. The molecule has 0 heterocycles. The fourth-order valence-corrected chi connectivity index (χ4v) is 4.23. The van der Waals surface area contributed by atoms with E-state index in [4.69, 9.17) is 4.74 Å². The molecule has 0 fully saturated rings. The third-order valence-electron chi connectivity index (χ3n) is 4.50. The second kappa shape index (κ2) is 9.50. The van der Waals surface area contributed by atoms with Crippen molar-refractivity contribution in [1.29, 1.82) is 0 Å². The minimum absolute atomic E-state index is 0.0282. The Kier molecular flexibility index (Phi) is 7.54. The summed E-state index contributed by atoms with van der Waals surface area (Å²) in [4.78, 5) is 11.9. The van der Waals surface area contributed by atoms with Crippen molar-refractivity contribution in [1.82, 2.24) is 4.31 Å². The number of hydrogen-bond acceptors (Lipinski definition) is 4. The lowest BCUT2D eigenvalue weighted by molar-refractivity contribution is -0.143. The summed E-state index contributed by atoms with van der Waals surface area (Å²) in [6.45, 7) is 8.09. The predicted molar refractivity (Wildman–Crippen MR) is 110 cm³/mol. The van der Waals surface area contributed by atoms with Crippen LogP contribution in [0.5, 0.6) is 0 Å². The van der Waals surface area contributed by atoms with Gasteiger partial charge in [-0.15, -0.1) is 0 Å². The molecule has 0 N–H and O–H groups in total. The van der Waals surface area contributed by atoms with Gasteiger partial charge in [0.2, 0.25) is 10.0 Å². The first-order chi connectivity index (χ1) is 13.5. The van der Waals surface area contributed by atoms with E-state index in [2.05, 4.69) is 20.8 Å². The summed E-state index contributed by atoms with van der Waals surface area (Å²) in [7, 11) is -3.85. The number of rotatable bonds is 8.